The molecule has 0 saturated heterocycles. The quantitative estimate of drug-likeness (QED) is 0.264. The maximum Gasteiger partial charge on any atom is 0.222 e. The molecule has 0 aliphatic carbocycles. The van der Waals surface area contributed by atoms with Gasteiger partial charge in [-0.15, -0.1) is 0 Å². The standard InChI is InChI=1S/C26H26NS/c1-15-19-9-7-8-10-20(19)16(2)25-22(15)24-23-17(11-12-27(24)6)13-18(26(3,4)5)14-21(23)28-25/h7-14H,1-6H3/q+1. The van der Waals surface area contributed by atoms with Gasteiger partial charge in [-0.25, -0.2) is 4.57 Å². The number of aryl methyl sites for hydroxylation is 3. The fourth-order valence-corrected chi connectivity index (χ4v) is 5.89. The zero-order chi connectivity index (χ0) is 19.8. The van der Waals surface area contributed by atoms with Crippen LogP contribution in [0, 0.1) is 13.8 Å². The highest BCUT2D eigenvalue weighted by Crippen LogP contribution is 2.51. The van der Waals surface area contributed by atoms with Crippen LogP contribution in [-0.2, 0) is 12.5 Å². The topological polar surface area (TPSA) is 3.88 Å². The average Bonchev–Trinajstić information content (AvgIpc) is 2.67. The van der Waals surface area contributed by atoms with E-state index in [1.807, 2.05) is 11.8 Å². The molecule has 0 radical (unpaired) electrons. The molecule has 0 N–H and O–H groups in total. The van der Waals surface area contributed by atoms with E-state index in [0.717, 1.165) is 0 Å². The van der Waals surface area contributed by atoms with Crippen LogP contribution >= 0.6 is 11.8 Å². The third-order valence-corrected chi connectivity index (χ3v) is 7.45. The van der Waals surface area contributed by atoms with Crippen molar-refractivity contribution in [1.29, 1.82) is 0 Å². The van der Waals surface area contributed by atoms with Crippen molar-refractivity contribution in [3.63, 3.8) is 0 Å². The largest absolute Gasteiger partial charge is 0.222 e. The molecule has 1 aromatic heterocycles. The van der Waals surface area contributed by atoms with E-state index in [9.17, 15) is 0 Å². The van der Waals surface area contributed by atoms with Gasteiger partial charge in [0.15, 0.2) is 6.20 Å². The SMILES string of the molecule is Cc1c2c(c(C)c3ccccc13)-c1c3c(cc(C(C)(C)C)cc3cc[n+]1C)S2. The van der Waals surface area contributed by atoms with E-state index in [-0.39, 0.29) is 5.41 Å². The van der Waals surface area contributed by atoms with Gasteiger partial charge < -0.3 is 0 Å². The molecule has 4 aromatic rings. The molecule has 1 aliphatic heterocycles. The van der Waals surface area contributed by atoms with Crippen molar-refractivity contribution in [1.82, 2.24) is 0 Å². The zero-order valence-corrected chi connectivity index (χ0v) is 18.3. The normalized spacial score (nSPS) is 13.2. The highest BCUT2D eigenvalue weighted by atomic mass is 32.2. The van der Waals surface area contributed by atoms with Crippen LogP contribution in [0.3, 0.4) is 0 Å². The molecular formula is C26H26NS+. The Morgan fingerprint density at radius 3 is 2.25 bits per heavy atom. The van der Waals surface area contributed by atoms with Gasteiger partial charge in [-0.1, -0.05) is 62.9 Å². The Morgan fingerprint density at radius 2 is 1.57 bits per heavy atom. The third-order valence-electron chi connectivity index (χ3n) is 6.19. The van der Waals surface area contributed by atoms with Crippen LogP contribution in [0.15, 0.2) is 58.5 Å². The minimum absolute atomic E-state index is 0.137. The lowest BCUT2D eigenvalue weighted by Gasteiger charge is -2.26. The predicted octanol–water partition coefficient (Wildman–Crippen LogP) is 6.86. The summed E-state index contributed by atoms with van der Waals surface area (Å²) in [6.45, 7) is 11.5. The summed E-state index contributed by atoms with van der Waals surface area (Å²) in [5.41, 5.74) is 7.08. The summed E-state index contributed by atoms with van der Waals surface area (Å²) in [4.78, 5) is 2.80. The minimum Gasteiger partial charge on any atom is -0.200 e. The Labute approximate surface area is 171 Å². The fraction of sp³-hybridized carbons (Fsp3) is 0.269. The van der Waals surface area contributed by atoms with Gasteiger partial charge in [0, 0.05) is 15.9 Å². The molecule has 2 heteroatoms. The van der Waals surface area contributed by atoms with Gasteiger partial charge in [0.2, 0.25) is 5.69 Å². The Kier molecular flexibility index (Phi) is 3.70. The van der Waals surface area contributed by atoms with Crippen molar-refractivity contribution in [2.45, 2.75) is 49.8 Å². The third kappa shape index (κ3) is 2.37. The molecule has 0 fully saturated rings. The molecule has 28 heavy (non-hydrogen) atoms. The Hall–Kier alpha value is -2.32. The molecule has 1 aliphatic rings. The van der Waals surface area contributed by atoms with Crippen LogP contribution in [0.1, 0.15) is 37.5 Å². The first-order valence-electron chi connectivity index (χ1n) is 9.94. The van der Waals surface area contributed by atoms with E-state index in [4.69, 9.17) is 0 Å². The number of benzene rings is 3. The summed E-state index contributed by atoms with van der Waals surface area (Å²) < 4.78 is 2.31. The summed E-state index contributed by atoms with van der Waals surface area (Å²) >= 11 is 1.96. The smallest absolute Gasteiger partial charge is 0.200 e. The van der Waals surface area contributed by atoms with Crippen molar-refractivity contribution in [3.05, 3.63) is 65.4 Å². The molecule has 0 atom stereocenters. The molecule has 0 spiro atoms. The van der Waals surface area contributed by atoms with E-state index in [0.29, 0.717) is 0 Å². The van der Waals surface area contributed by atoms with Gasteiger partial charge in [-0.2, -0.15) is 0 Å². The van der Waals surface area contributed by atoms with Gasteiger partial charge in [-0.05, 0) is 58.2 Å². The maximum absolute atomic E-state index is 2.42. The van der Waals surface area contributed by atoms with Crippen molar-refractivity contribution in [3.8, 4) is 11.3 Å². The monoisotopic (exact) mass is 384 g/mol. The van der Waals surface area contributed by atoms with Gasteiger partial charge in [0.1, 0.15) is 7.05 Å². The Balaban J connectivity index is 1.97. The Morgan fingerprint density at radius 1 is 0.893 bits per heavy atom. The molecule has 0 amide bonds. The van der Waals surface area contributed by atoms with Gasteiger partial charge in [-0.3, -0.25) is 0 Å². The highest BCUT2D eigenvalue weighted by molar-refractivity contribution is 7.99. The lowest BCUT2D eigenvalue weighted by molar-refractivity contribution is -0.659. The number of aromatic nitrogens is 1. The summed E-state index contributed by atoms with van der Waals surface area (Å²) in [5, 5.41) is 5.48. The second-order valence-electron chi connectivity index (χ2n) is 9.07. The molecule has 1 nitrogen and oxygen atoms in total. The second kappa shape index (κ2) is 5.84. The first-order chi connectivity index (χ1) is 13.3. The van der Waals surface area contributed by atoms with Gasteiger partial charge in [0.05, 0.1) is 10.9 Å². The number of fused-ring (bicyclic) bond motifs is 3. The fourth-order valence-electron chi connectivity index (χ4n) is 4.55. The Bertz CT molecular complexity index is 1290. The van der Waals surface area contributed by atoms with Crippen LogP contribution in [0.25, 0.3) is 32.8 Å². The second-order valence-corrected chi connectivity index (χ2v) is 10.1. The summed E-state index contributed by atoms with van der Waals surface area (Å²) in [5.74, 6) is 0. The van der Waals surface area contributed by atoms with E-state index in [2.05, 4.69) is 94.9 Å². The molecule has 0 saturated carbocycles. The molecule has 0 unspecified atom stereocenters. The zero-order valence-electron chi connectivity index (χ0n) is 17.5. The van der Waals surface area contributed by atoms with E-state index in [1.54, 1.807) is 0 Å². The van der Waals surface area contributed by atoms with Crippen molar-refractivity contribution < 1.29 is 4.57 Å². The first kappa shape index (κ1) is 17.8. The van der Waals surface area contributed by atoms with Crippen molar-refractivity contribution in [2.75, 3.05) is 0 Å². The van der Waals surface area contributed by atoms with E-state index >= 15 is 0 Å². The maximum atomic E-state index is 2.42. The van der Waals surface area contributed by atoms with Crippen LogP contribution in [0.4, 0.5) is 0 Å². The predicted molar refractivity (Wildman–Crippen MR) is 120 cm³/mol. The molecular weight excluding hydrogens is 358 g/mol. The molecule has 140 valence electrons. The number of rotatable bonds is 0. The van der Waals surface area contributed by atoms with Crippen LogP contribution in [0.5, 0.6) is 0 Å². The van der Waals surface area contributed by atoms with Gasteiger partial charge >= 0.3 is 0 Å². The lowest BCUT2D eigenvalue weighted by Crippen LogP contribution is -2.32. The molecule has 5 rings (SSSR count). The summed E-state index contributed by atoms with van der Waals surface area (Å²) in [7, 11) is 2.18. The molecule has 3 aromatic carbocycles. The molecule has 0 bridgehead atoms. The number of nitrogens with zero attached hydrogens (tertiary/aromatic N) is 1. The van der Waals surface area contributed by atoms with Crippen molar-refractivity contribution >= 4 is 33.3 Å². The number of hydrogen-bond acceptors (Lipinski definition) is 1. The number of hydrogen-bond donors (Lipinski definition) is 0. The van der Waals surface area contributed by atoms with E-state index < -0.39 is 0 Å². The number of pyridine rings is 1. The summed E-state index contributed by atoms with van der Waals surface area (Å²) in [6.07, 6.45) is 2.22. The molecule has 2 heterocycles. The van der Waals surface area contributed by atoms with Crippen LogP contribution in [-0.4, -0.2) is 0 Å². The van der Waals surface area contributed by atoms with Crippen LogP contribution < -0.4 is 4.57 Å². The average molecular weight is 385 g/mol. The van der Waals surface area contributed by atoms with E-state index in [1.165, 1.54) is 59.3 Å². The first-order valence-corrected chi connectivity index (χ1v) is 10.8. The van der Waals surface area contributed by atoms with Crippen molar-refractivity contribution in [2.24, 2.45) is 7.05 Å². The highest BCUT2D eigenvalue weighted by Gasteiger charge is 2.31. The van der Waals surface area contributed by atoms with Gasteiger partial charge in [0.25, 0.3) is 0 Å². The van der Waals surface area contributed by atoms with Crippen LogP contribution in [0.2, 0.25) is 0 Å². The minimum atomic E-state index is 0.137. The lowest BCUT2D eigenvalue weighted by atomic mass is 9.85. The summed E-state index contributed by atoms with van der Waals surface area (Å²) in [6, 6.07) is 15.9.